The van der Waals surface area contributed by atoms with Crippen molar-refractivity contribution in [2.45, 2.75) is 20.8 Å². The minimum Gasteiger partial charge on any atom is -0.298 e. The number of hydrogen-bond acceptors (Lipinski definition) is 2. The first-order valence-electron chi connectivity index (χ1n) is 5.07. The summed E-state index contributed by atoms with van der Waals surface area (Å²) in [6, 6.07) is 4.06. The van der Waals surface area contributed by atoms with Crippen molar-refractivity contribution in [2.24, 2.45) is 0 Å². The van der Waals surface area contributed by atoms with Gasteiger partial charge in [0.1, 0.15) is 5.15 Å². The van der Waals surface area contributed by atoms with Gasteiger partial charge in [0.25, 0.3) is 0 Å². The van der Waals surface area contributed by atoms with Crippen molar-refractivity contribution in [3.05, 3.63) is 39.5 Å². The number of aryl methyl sites for hydroxylation is 3. The minimum absolute atomic E-state index is 0.282. The van der Waals surface area contributed by atoms with Crippen LogP contribution in [0, 0.1) is 20.8 Å². The van der Waals surface area contributed by atoms with Crippen LogP contribution >= 0.6 is 11.6 Å². The number of benzene rings is 1. The van der Waals surface area contributed by atoms with Crippen LogP contribution < -0.4 is 0 Å². The van der Waals surface area contributed by atoms with Crippen molar-refractivity contribution in [3.8, 4) is 0 Å². The highest BCUT2D eigenvalue weighted by Gasteiger charge is 2.11. The summed E-state index contributed by atoms with van der Waals surface area (Å²) in [7, 11) is 0. The molecule has 0 unspecified atom stereocenters. The monoisotopic (exact) mass is 233 g/mol. The van der Waals surface area contributed by atoms with E-state index < -0.39 is 0 Å². The van der Waals surface area contributed by atoms with E-state index in [1.54, 1.807) is 0 Å². The molecule has 0 amide bonds. The molecule has 0 aliphatic heterocycles. The fourth-order valence-corrected chi connectivity index (χ4v) is 2.39. The quantitative estimate of drug-likeness (QED) is 0.556. The highest BCUT2D eigenvalue weighted by atomic mass is 35.5. The average Bonchev–Trinajstić information content (AvgIpc) is 2.15. The molecular weight excluding hydrogens is 222 g/mol. The van der Waals surface area contributed by atoms with Gasteiger partial charge in [0.05, 0.1) is 11.1 Å². The maximum absolute atomic E-state index is 10.9. The van der Waals surface area contributed by atoms with Gasteiger partial charge in [-0.15, -0.1) is 0 Å². The SMILES string of the molecule is Cc1cc(C)c2c(C)c(C=O)c(Cl)nc2c1. The summed E-state index contributed by atoms with van der Waals surface area (Å²) in [5.74, 6) is 0. The minimum atomic E-state index is 0.282. The number of nitrogens with zero attached hydrogens (tertiary/aromatic N) is 1. The summed E-state index contributed by atoms with van der Waals surface area (Å²) >= 11 is 5.97. The van der Waals surface area contributed by atoms with E-state index in [2.05, 4.69) is 11.1 Å². The molecule has 2 rings (SSSR count). The number of rotatable bonds is 1. The summed E-state index contributed by atoms with van der Waals surface area (Å²) in [6.07, 6.45) is 0.767. The Labute approximate surface area is 99.3 Å². The lowest BCUT2D eigenvalue weighted by molar-refractivity contribution is 0.112. The zero-order chi connectivity index (χ0) is 11.9. The molecule has 1 aromatic heterocycles. The number of fused-ring (bicyclic) bond motifs is 1. The van der Waals surface area contributed by atoms with Crippen molar-refractivity contribution in [1.29, 1.82) is 0 Å². The van der Waals surface area contributed by atoms with Gasteiger partial charge >= 0.3 is 0 Å². The molecule has 0 spiro atoms. The van der Waals surface area contributed by atoms with E-state index in [0.717, 1.165) is 33.9 Å². The zero-order valence-corrected chi connectivity index (χ0v) is 10.2. The van der Waals surface area contributed by atoms with E-state index in [9.17, 15) is 4.79 Å². The van der Waals surface area contributed by atoms with Crippen LogP contribution in [0.4, 0.5) is 0 Å². The van der Waals surface area contributed by atoms with Gasteiger partial charge in [-0.3, -0.25) is 4.79 Å². The van der Waals surface area contributed by atoms with E-state index in [1.165, 1.54) is 0 Å². The molecule has 82 valence electrons. The maximum Gasteiger partial charge on any atom is 0.153 e. The highest BCUT2D eigenvalue weighted by molar-refractivity contribution is 6.32. The predicted molar refractivity (Wildman–Crippen MR) is 66.4 cm³/mol. The molecule has 0 saturated carbocycles. The van der Waals surface area contributed by atoms with E-state index in [1.807, 2.05) is 26.8 Å². The lowest BCUT2D eigenvalue weighted by atomic mass is 9.99. The Morgan fingerprint density at radius 2 is 1.94 bits per heavy atom. The zero-order valence-electron chi connectivity index (χ0n) is 9.47. The van der Waals surface area contributed by atoms with E-state index in [-0.39, 0.29) is 5.15 Å². The fourth-order valence-electron chi connectivity index (χ4n) is 2.11. The number of hydrogen-bond donors (Lipinski definition) is 0. The molecule has 3 heteroatoms. The first-order chi connectivity index (χ1) is 7.54. The van der Waals surface area contributed by atoms with Crippen molar-refractivity contribution >= 4 is 28.8 Å². The Balaban J connectivity index is 2.99. The normalized spacial score (nSPS) is 10.8. The van der Waals surface area contributed by atoms with E-state index in [4.69, 9.17) is 11.6 Å². The van der Waals surface area contributed by atoms with E-state index >= 15 is 0 Å². The van der Waals surface area contributed by atoms with Crippen LogP contribution in [0.25, 0.3) is 10.9 Å². The van der Waals surface area contributed by atoms with E-state index in [0.29, 0.717) is 5.56 Å². The molecular formula is C13H12ClNO. The molecule has 2 nitrogen and oxygen atoms in total. The smallest absolute Gasteiger partial charge is 0.153 e. The number of aromatic nitrogens is 1. The molecule has 0 radical (unpaired) electrons. The Morgan fingerprint density at radius 3 is 2.56 bits per heavy atom. The molecule has 2 aromatic rings. The second kappa shape index (κ2) is 3.87. The van der Waals surface area contributed by atoms with Crippen LogP contribution in [0.15, 0.2) is 12.1 Å². The standard InChI is InChI=1S/C13H12ClNO/c1-7-4-8(2)12-9(3)10(6-16)13(14)15-11(12)5-7/h4-6H,1-3H3. The number of aldehydes is 1. The van der Waals surface area contributed by atoms with Gasteiger partial charge in [0, 0.05) is 5.39 Å². The second-order valence-electron chi connectivity index (χ2n) is 4.04. The number of carbonyl (C=O) groups excluding carboxylic acids is 1. The van der Waals surface area contributed by atoms with Gasteiger partial charge in [-0.1, -0.05) is 17.7 Å². The molecule has 0 N–H and O–H groups in total. The Bertz CT molecular complexity index is 590. The third kappa shape index (κ3) is 1.59. The van der Waals surface area contributed by atoms with Gasteiger partial charge in [-0.05, 0) is 43.5 Å². The van der Waals surface area contributed by atoms with Crippen LogP contribution in [-0.2, 0) is 0 Å². The van der Waals surface area contributed by atoms with Crippen molar-refractivity contribution in [1.82, 2.24) is 4.98 Å². The van der Waals surface area contributed by atoms with Crippen LogP contribution in [0.1, 0.15) is 27.0 Å². The summed E-state index contributed by atoms with van der Waals surface area (Å²) in [4.78, 5) is 15.2. The Morgan fingerprint density at radius 1 is 1.25 bits per heavy atom. The molecule has 0 atom stereocenters. The summed E-state index contributed by atoms with van der Waals surface area (Å²) < 4.78 is 0. The largest absolute Gasteiger partial charge is 0.298 e. The topological polar surface area (TPSA) is 30.0 Å². The number of halogens is 1. The molecule has 16 heavy (non-hydrogen) atoms. The van der Waals surface area contributed by atoms with Crippen molar-refractivity contribution in [3.63, 3.8) is 0 Å². The lowest BCUT2D eigenvalue weighted by Crippen LogP contribution is -1.96. The van der Waals surface area contributed by atoms with Gasteiger partial charge in [0.2, 0.25) is 0 Å². The molecule has 0 aliphatic carbocycles. The molecule has 0 fully saturated rings. The Hall–Kier alpha value is -1.41. The van der Waals surface area contributed by atoms with Gasteiger partial charge in [-0.25, -0.2) is 4.98 Å². The Kier molecular flexibility index (Phi) is 2.68. The average molecular weight is 234 g/mol. The van der Waals surface area contributed by atoms with Crippen LogP contribution in [0.5, 0.6) is 0 Å². The predicted octanol–water partition coefficient (Wildman–Crippen LogP) is 3.63. The molecule has 0 saturated heterocycles. The first kappa shape index (κ1) is 11.1. The summed E-state index contributed by atoms with van der Waals surface area (Å²) in [5.41, 5.74) is 4.51. The van der Waals surface area contributed by atoms with Crippen LogP contribution in [0.2, 0.25) is 5.15 Å². The molecule has 1 heterocycles. The van der Waals surface area contributed by atoms with Gasteiger partial charge < -0.3 is 0 Å². The molecule has 0 aliphatic rings. The summed E-state index contributed by atoms with van der Waals surface area (Å²) in [6.45, 7) is 5.94. The van der Waals surface area contributed by atoms with Gasteiger partial charge in [-0.2, -0.15) is 0 Å². The van der Waals surface area contributed by atoms with Gasteiger partial charge in [0.15, 0.2) is 6.29 Å². The van der Waals surface area contributed by atoms with Crippen LogP contribution in [0.3, 0.4) is 0 Å². The van der Waals surface area contributed by atoms with Crippen molar-refractivity contribution < 1.29 is 4.79 Å². The third-order valence-corrected chi connectivity index (χ3v) is 3.08. The lowest BCUT2D eigenvalue weighted by Gasteiger charge is -2.10. The van der Waals surface area contributed by atoms with Crippen LogP contribution in [-0.4, -0.2) is 11.3 Å². The summed E-state index contributed by atoms with van der Waals surface area (Å²) in [5, 5.41) is 1.31. The second-order valence-corrected chi connectivity index (χ2v) is 4.39. The fraction of sp³-hybridized carbons (Fsp3) is 0.231. The first-order valence-corrected chi connectivity index (χ1v) is 5.44. The third-order valence-electron chi connectivity index (χ3n) is 2.80. The number of pyridine rings is 1. The molecule has 0 bridgehead atoms. The number of carbonyl (C=O) groups is 1. The maximum atomic E-state index is 10.9. The van der Waals surface area contributed by atoms with Crippen molar-refractivity contribution in [2.75, 3.05) is 0 Å². The molecule has 1 aromatic carbocycles. The highest BCUT2D eigenvalue weighted by Crippen LogP contribution is 2.28.